The van der Waals surface area contributed by atoms with Crippen molar-refractivity contribution in [1.82, 2.24) is 20.2 Å². The fraction of sp³-hybridized carbons (Fsp3) is 0.875. The van der Waals surface area contributed by atoms with E-state index in [4.69, 9.17) is 5.73 Å². The van der Waals surface area contributed by atoms with E-state index in [9.17, 15) is 0 Å². The van der Waals surface area contributed by atoms with Crippen LogP contribution in [0.3, 0.4) is 0 Å². The number of hydrogen-bond donors (Lipinski definition) is 1. The summed E-state index contributed by atoms with van der Waals surface area (Å²) < 4.78 is 1.84. The van der Waals surface area contributed by atoms with Gasteiger partial charge < -0.3 is 5.73 Å². The lowest BCUT2D eigenvalue weighted by molar-refractivity contribution is 0.412. The summed E-state index contributed by atoms with van der Waals surface area (Å²) in [6, 6.07) is 0. The zero-order chi connectivity index (χ0) is 9.10. The molecule has 2 rings (SSSR count). The average Bonchev–Trinajstić information content (AvgIpc) is 2.76. The van der Waals surface area contributed by atoms with E-state index in [1.807, 2.05) is 4.68 Å². The molecule has 0 unspecified atom stereocenters. The van der Waals surface area contributed by atoms with Gasteiger partial charge in [0.15, 0.2) is 5.82 Å². The van der Waals surface area contributed by atoms with E-state index in [0.717, 1.165) is 18.3 Å². The Balaban J connectivity index is 1.99. The first-order chi connectivity index (χ1) is 6.40. The van der Waals surface area contributed by atoms with E-state index in [1.165, 1.54) is 25.7 Å². The lowest BCUT2D eigenvalue weighted by Gasteiger charge is -2.08. The molecule has 1 heterocycles. The van der Waals surface area contributed by atoms with Crippen LogP contribution >= 0.6 is 0 Å². The smallest absolute Gasteiger partial charge is 0.164 e. The van der Waals surface area contributed by atoms with Crippen LogP contribution in [-0.4, -0.2) is 20.2 Å². The van der Waals surface area contributed by atoms with E-state index in [1.54, 1.807) is 0 Å². The van der Waals surface area contributed by atoms with Gasteiger partial charge in [-0.15, -0.1) is 5.10 Å². The summed E-state index contributed by atoms with van der Waals surface area (Å²) in [5, 5.41) is 11.4. The second kappa shape index (κ2) is 3.83. The van der Waals surface area contributed by atoms with Gasteiger partial charge in [0.05, 0.1) is 6.54 Å². The zero-order valence-corrected chi connectivity index (χ0v) is 7.69. The summed E-state index contributed by atoms with van der Waals surface area (Å²) in [5.74, 6) is 1.56. The lowest BCUT2D eigenvalue weighted by Crippen LogP contribution is -2.14. The molecule has 0 aromatic carbocycles. The fourth-order valence-electron chi connectivity index (χ4n) is 1.95. The SMILES string of the molecule is NCc1nnnn1CC1CCCC1. The molecular formula is C8H15N5. The van der Waals surface area contributed by atoms with E-state index < -0.39 is 0 Å². The van der Waals surface area contributed by atoms with Crippen LogP contribution in [0.1, 0.15) is 31.5 Å². The molecule has 0 saturated heterocycles. The summed E-state index contributed by atoms with van der Waals surface area (Å²) in [6.45, 7) is 1.37. The van der Waals surface area contributed by atoms with Crippen molar-refractivity contribution in [1.29, 1.82) is 0 Å². The second-order valence-corrected chi connectivity index (χ2v) is 3.63. The Labute approximate surface area is 77.3 Å². The van der Waals surface area contributed by atoms with Gasteiger partial charge in [-0.1, -0.05) is 12.8 Å². The molecule has 13 heavy (non-hydrogen) atoms. The van der Waals surface area contributed by atoms with Crippen molar-refractivity contribution < 1.29 is 0 Å². The van der Waals surface area contributed by atoms with Crippen molar-refractivity contribution in [2.24, 2.45) is 11.7 Å². The molecule has 5 nitrogen and oxygen atoms in total. The van der Waals surface area contributed by atoms with Gasteiger partial charge in [0, 0.05) is 6.54 Å². The highest BCUT2D eigenvalue weighted by Crippen LogP contribution is 2.25. The number of rotatable bonds is 3. The van der Waals surface area contributed by atoms with Crippen LogP contribution < -0.4 is 5.73 Å². The largest absolute Gasteiger partial charge is 0.324 e. The van der Waals surface area contributed by atoms with Gasteiger partial charge in [-0.25, -0.2) is 4.68 Å². The molecule has 72 valence electrons. The van der Waals surface area contributed by atoms with Crippen LogP contribution in [0.15, 0.2) is 0 Å². The standard InChI is InChI=1S/C8H15N5/c9-5-8-10-11-12-13(8)6-7-3-1-2-4-7/h7H,1-6,9H2. The fourth-order valence-corrected chi connectivity index (χ4v) is 1.95. The van der Waals surface area contributed by atoms with Crippen LogP contribution in [0.5, 0.6) is 0 Å². The highest BCUT2D eigenvalue weighted by molar-refractivity contribution is 4.80. The molecule has 1 aromatic heterocycles. The molecule has 0 amide bonds. The monoisotopic (exact) mass is 181 g/mol. The van der Waals surface area contributed by atoms with Gasteiger partial charge in [-0.05, 0) is 29.2 Å². The first-order valence-corrected chi connectivity index (χ1v) is 4.85. The first-order valence-electron chi connectivity index (χ1n) is 4.85. The van der Waals surface area contributed by atoms with Crippen LogP contribution in [-0.2, 0) is 13.1 Å². The summed E-state index contributed by atoms with van der Waals surface area (Å²) in [4.78, 5) is 0. The third-order valence-electron chi connectivity index (χ3n) is 2.69. The van der Waals surface area contributed by atoms with Crippen molar-refractivity contribution in [3.8, 4) is 0 Å². The van der Waals surface area contributed by atoms with Crippen molar-refractivity contribution in [2.75, 3.05) is 0 Å². The minimum atomic E-state index is 0.430. The predicted molar refractivity (Wildman–Crippen MR) is 47.7 cm³/mol. The van der Waals surface area contributed by atoms with E-state index in [2.05, 4.69) is 15.5 Å². The Hall–Kier alpha value is -0.970. The van der Waals surface area contributed by atoms with Crippen molar-refractivity contribution in [3.63, 3.8) is 0 Å². The molecule has 5 heteroatoms. The maximum Gasteiger partial charge on any atom is 0.164 e. The third-order valence-corrected chi connectivity index (χ3v) is 2.69. The normalized spacial score (nSPS) is 18.2. The molecule has 1 saturated carbocycles. The number of aromatic nitrogens is 4. The number of nitrogens with two attached hydrogens (primary N) is 1. The Morgan fingerprint density at radius 1 is 1.38 bits per heavy atom. The van der Waals surface area contributed by atoms with Crippen LogP contribution in [0.25, 0.3) is 0 Å². The van der Waals surface area contributed by atoms with Gasteiger partial charge in [-0.2, -0.15) is 0 Å². The Kier molecular flexibility index (Phi) is 2.54. The summed E-state index contributed by atoms with van der Waals surface area (Å²) in [5.41, 5.74) is 5.51. The number of nitrogens with zero attached hydrogens (tertiary/aromatic N) is 4. The van der Waals surface area contributed by atoms with E-state index in [0.29, 0.717) is 6.54 Å². The molecule has 1 aromatic rings. The van der Waals surface area contributed by atoms with Crippen LogP contribution in [0, 0.1) is 5.92 Å². The van der Waals surface area contributed by atoms with Gasteiger partial charge in [-0.3, -0.25) is 0 Å². The molecule has 0 bridgehead atoms. The molecule has 0 aliphatic heterocycles. The van der Waals surface area contributed by atoms with Crippen LogP contribution in [0.4, 0.5) is 0 Å². The van der Waals surface area contributed by atoms with Crippen LogP contribution in [0.2, 0.25) is 0 Å². The quantitative estimate of drug-likeness (QED) is 0.729. The molecule has 2 N–H and O–H groups in total. The van der Waals surface area contributed by atoms with Gasteiger partial charge in [0.1, 0.15) is 0 Å². The number of tetrazole rings is 1. The molecule has 1 fully saturated rings. The lowest BCUT2D eigenvalue weighted by atomic mass is 10.1. The zero-order valence-electron chi connectivity index (χ0n) is 7.69. The molecule has 0 atom stereocenters. The first kappa shape index (κ1) is 8.62. The van der Waals surface area contributed by atoms with Crippen molar-refractivity contribution in [2.45, 2.75) is 38.8 Å². The molecule has 1 aliphatic rings. The van der Waals surface area contributed by atoms with Gasteiger partial charge >= 0.3 is 0 Å². The molecule has 0 radical (unpaired) electrons. The van der Waals surface area contributed by atoms with Crippen molar-refractivity contribution in [3.05, 3.63) is 5.82 Å². The summed E-state index contributed by atoms with van der Waals surface area (Å²) >= 11 is 0. The highest BCUT2D eigenvalue weighted by Gasteiger charge is 2.17. The molecule has 0 spiro atoms. The minimum absolute atomic E-state index is 0.430. The summed E-state index contributed by atoms with van der Waals surface area (Å²) in [6.07, 6.45) is 5.32. The Morgan fingerprint density at radius 2 is 2.15 bits per heavy atom. The van der Waals surface area contributed by atoms with Crippen molar-refractivity contribution >= 4 is 0 Å². The van der Waals surface area contributed by atoms with Gasteiger partial charge in [0.2, 0.25) is 0 Å². The Bertz CT molecular complexity index is 263. The topological polar surface area (TPSA) is 69.6 Å². The third kappa shape index (κ3) is 1.85. The molecule has 1 aliphatic carbocycles. The maximum atomic E-state index is 5.51. The van der Waals surface area contributed by atoms with E-state index >= 15 is 0 Å². The highest BCUT2D eigenvalue weighted by atomic mass is 15.5. The van der Waals surface area contributed by atoms with E-state index in [-0.39, 0.29) is 0 Å². The predicted octanol–water partition coefficient (Wildman–Crippen LogP) is 0.322. The number of hydrogen-bond acceptors (Lipinski definition) is 4. The molecular weight excluding hydrogens is 166 g/mol. The maximum absolute atomic E-state index is 5.51. The average molecular weight is 181 g/mol. The Morgan fingerprint density at radius 3 is 2.85 bits per heavy atom. The van der Waals surface area contributed by atoms with Gasteiger partial charge in [0.25, 0.3) is 0 Å². The minimum Gasteiger partial charge on any atom is -0.324 e. The summed E-state index contributed by atoms with van der Waals surface area (Å²) in [7, 11) is 0. The second-order valence-electron chi connectivity index (χ2n) is 3.63.